The first-order valence-electron chi connectivity index (χ1n) is 9.93. The van der Waals surface area contributed by atoms with E-state index in [0.29, 0.717) is 5.92 Å². The van der Waals surface area contributed by atoms with Crippen LogP contribution in [0.5, 0.6) is 0 Å². The van der Waals surface area contributed by atoms with Crippen LogP contribution in [-0.2, 0) is 4.74 Å². The van der Waals surface area contributed by atoms with Gasteiger partial charge in [-0.05, 0) is 31.3 Å². The van der Waals surface area contributed by atoms with Crippen LogP contribution >= 0.6 is 0 Å². The van der Waals surface area contributed by atoms with Crippen LogP contribution in [0.1, 0.15) is 112 Å². The van der Waals surface area contributed by atoms with Gasteiger partial charge < -0.3 is 4.74 Å². The van der Waals surface area contributed by atoms with Crippen molar-refractivity contribution < 1.29 is 4.74 Å². The van der Waals surface area contributed by atoms with Gasteiger partial charge in [-0.1, -0.05) is 85.5 Å². The number of unbranched alkanes of at least 4 members (excludes halogenated alkanes) is 9. The highest BCUT2D eigenvalue weighted by Crippen LogP contribution is 2.19. The molecule has 0 rings (SSSR count). The number of ether oxygens (including phenoxy) is 1. The maximum atomic E-state index is 6.02. The first-order chi connectivity index (χ1) is 10.6. The number of allylic oxidation sites excluding steroid dienone is 2. The molecule has 0 amide bonds. The molecule has 0 aliphatic carbocycles. The Labute approximate surface area is 140 Å². The second-order valence-corrected chi connectivity index (χ2v) is 7.19. The Hall–Kier alpha value is -0.460. The van der Waals surface area contributed by atoms with E-state index in [4.69, 9.17) is 4.74 Å². The van der Waals surface area contributed by atoms with Gasteiger partial charge in [0.2, 0.25) is 0 Å². The lowest BCUT2D eigenvalue weighted by Gasteiger charge is -2.15. The Kier molecular flexibility index (Phi) is 15.1. The van der Waals surface area contributed by atoms with Crippen molar-refractivity contribution in [3.63, 3.8) is 0 Å². The fourth-order valence-corrected chi connectivity index (χ4v) is 2.65. The van der Waals surface area contributed by atoms with Gasteiger partial charge in [-0.3, -0.25) is 0 Å². The summed E-state index contributed by atoms with van der Waals surface area (Å²) >= 11 is 0. The summed E-state index contributed by atoms with van der Waals surface area (Å²) in [6.07, 6.45) is 16.3. The van der Waals surface area contributed by atoms with E-state index in [1.165, 1.54) is 75.5 Å². The molecule has 0 aromatic rings. The second kappa shape index (κ2) is 15.4. The maximum absolute atomic E-state index is 6.02. The molecule has 0 unspecified atom stereocenters. The first kappa shape index (κ1) is 21.5. The van der Waals surface area contributed by atoms with Crippen molar-refractivity contribution in [1.82, 2.24) is 0 Å². The third kappa shape index (κ3) is 13.2. The van der Waals surface area contributed by atoms with Crippen LogP contribution < -0.4 is 0 Å². The van der Waals surface area contributed by atoms with Crippen LogP contribution in [0.15, 0.2) is 11.3 Å². The molecule has 0 aliphatic heterocycles. The van der Waals surface area contributed by atoms with Crippen molar-refractivity contribution in [3.05, 3.63) is 11.3 Å². The molecule has 0 bridgehead atoms. The average molecular weight is 311 g/mol. The quantitative estimate of drug-likeness (QED) is 0.223. The van der Waals surface area contributed by atoms with Gasteiger partial charge >= 0.3 is 0 Å². The van der Waals surface area contributed by atoms with Gasteiger partial charge in [-0.15, -0.1) is 0 Å². The summed E-state index contributed by atoms with van der Waals surface area (Å²) in [6, 6.07) is 0. The highest BCUT2D eigenvalue weighted by molar-refractivity contribution is 5.05. The molecule has 0 heterocycles. The third-order valence-corrected chi connectivity index (χ3v) is 4.35. The lowest BCUT2D eigenvalue weighted by molar-refractivity contribution is 0.166. The summed E-state index contributed by atoms with van der Waals surface area (Å²) in [5.41, 5.74) is 1.44. The summed E-state index contributed by atoms with van der Waals surface area (Å²) < 4.78 is 6.02. The summed E-state index contributed by atoms with van der Waals surface area (Å²) in [5, 5.41) is 0. The number of rotatable bonds is 15. The van der Waals surface area contributed by atoms with Gasteiger partial charge in [-0.2, -0.15) is 0 Å². The Balaban J connectivity index is 3.64. The van der Waals surface area contributed by atoms with Crippen molar-refractivity contribution in [1.29, 1.82) is 0 Å². The fourth-order valence-electron chi connectivity index (χ4n) is 2.65. The lowest BCUT2D eigenvalue weighted by atomic mass is 10.0. The fraction of sp³-hybridized carbons (Fsp3) is 0.905. The molecule has 0 saturated heterocycles. The molecule has 0 aromatic carbocycles. The average Bonchev–Trinajstić information content (AvgIpc) is 2.51. The molecule has 0 spiro atoms. The molecule has 0 aliphatic rings. The monoisotopic (exact) mass is 310 g/mol. The second-order valence-electron chi connectivity index (χ2n) is 7.19. The zero-order valence-corrected chi connectivity index (χ0v) is 16.2. The Morgan fingerprint density at radius 3 is 1.73 bits per heavy atom. The highest BCUT2D eigenvalue weighted by atomic mass is 16.5. The smallest absolute Gasteiger partial charge is 0.0948 e. The van der Waals surface area contributed by atoms with E-state index < -0.39 is 0 Å². The van der Waals surface area contributed by atoms with Crippen molar-refractivity contribution in [2.45, 2.75) is 112 Å². The van der Waals surface area contributed by atoms with Gasteiger partial charge in [0.1, 0.15) is 0 Å². The van der Waals surface area contributed by atoms with Crippen LogP contribution in [0.25, 0.3) is 0 Å². The summed E-state index contributed by atoms with van der Waals surface area (Å²) in [4.78, 5) is 0. The molecular formula is C21H42O. The van der Waals surface area contributed by atoms with E-state index >= 15 is 0 Å². The maximum Gasteiger partial charge on any atom is 0.0948 e. The van der Waals surface area contributed by atoms with E-state index in [0.717, 1.165) is 19.4 Å². The van der Waals surface area contributed by atoms with Crippen molar-refractivity contribution in [2.24, 2.45) is 5.92 Å². The van der Waals surface area contributed by atoms with Crippen LogP contribution in [-0.4, -0.2) is 6.61 Å². The molecule has 132 valence electrons. The Bertz CT molecular complexity index is 265. The molecule has 0 radical (unpaired) electrons. The van der Waals surface area contributed by atoms with E-state index in [1.54, 1.807) is 0 Å². The van der Waals surface area contributed by atoms with Crippen LogP contribution in [0.2, 0.25) is 0 Å². The van der Waals surface area contributed by atoms with Crippen LogP contribution in [0, 0.1) is 5.92 Å². The predicted octanol–water partition coefficient (Wildman–Crippen LogP) is 7.65. The van der Waals surface area contributed by atoms with E-state index in [-0.39, 0.29) is 0 Å². The topological polar surface area (TPSA) is 9.23 Å². The minimum Gasteiger partial charge on any atom is -0.498 e. The summed E-state index contributed by atoms with van der Waals surface area (Å²) in [7, 11) is 0. The Morgan fingerprint density at radius 2 is 1.27 bits per heavy atom. The molecule has 1 heteroatoms. The largest absolute Gasteiger partial charge is 0.498 e. The van der Waals surface area contributed by atoms with E-state index in [9.17, 15) is 0 Å². The van der Waals surface area contributed by atoms with Crippen LogP contribution in [0.3, 0.4) is 0 Å². The van der Waals surface area contributed by atoms with Gasteiger partial charge in [0, 0.05) is 6.42 Å². The number of hydrogen-bond donors (Lipinski definition) is 0. The minimum atomic E-state index is 0.618. The van der Waals surface area contributed by atoms with Gasteiger partial charge in [0.15, 0.2) is 0 Å². The lowest BCUT2D eigenvalue weighted by Crippen LogP contribution is -2.04. The zero-order valence-electron chi connectivity index (χ0n) is 16.2. The normalized spacial score (nSPS) is 12.6. The van der Waals surface area contributed by atoms with Crippen molar-refractivity contribution >= 4 is 0 Å². The molecule has 0 saturated carbocycles. The van der Waals surface area contributed by atoms with Crippen LogP contribution in [0.4, 0.5) is 0 Å². The minimum absolute atomic E-state index is 0.618. The molecule has 1 nitrogen and oxygen atoms in total. The summed E-state index contributed by atoms with van der Waals surface area (Å²) in [5.74, 6) is 1.89. The van der Waals surface area contributed by atoms with Crippen molar-refractivity contribution in [3.8, 4) is 0 Å². The van der Waals surface area contributed by atoms with Crippen molar-refractivity contribution in [2.75, 3.05) is 6.61 Å². The molecule has 0 N–H and O–H groups in total. The van der Waals surface area contributed by atoms with E-state index in [2.05, 4.69) is 34.6 Å². The van der Waals surface area contributed by atoms with Gasteiger partial charge in [0.25, 0.3) is 0 Å². The third-order valence-electron chi connectivity index (χ3n) is 4.35. The zero-order chi connectivity index (χ0) is 16.6. The standard InChI is InChI=1S/C21H42O/c1-6-8-9-10-11-12-13-14-15-16-17-21(20(5)7-2)22-18-19(3)4/h19H,6-18H2,1-5H3/b21-20-. The van der Waals surface area contributed by atoms with Gasteiger partial charge in [0.05, 0.1) is 12.4 Å². The molecular weight excluding hydrogens is 268 g/mol. The Morgan fingerprint density at radius 1 is 0.773 bits per heavy atom. The summed E-state index contributed by atoms with van der Waals surface area (Å²) in [6.45, 7) is 12.1. The van der Waals surface area contributed by atoms with E-state index in [1.807, 2.05) is 0 Å². The molecule has 0 aromatic heterocycles. The molecule has 0 fully saturated rings. The molecule has 22 heavy (non-hydrogen) atoms. The SMILES string of the molecule is CCCCCCCCCCCC/C(OCC(C)C)=C(\C)CC. The highest BCUT2D eigenvalue weighted by Gasteiger charge is 2.05. The first-order valence-corrected chi connectivity index (χ1v) is 9.93. The van der Waals surface area contributed by atoms with Gasteiger partial charge in [-0.25, -0.2) is 0 Å². The number of hydrogen-bond acceptors (Lipinski definition) is 1. The predicted molar refractivity (Wildman–Crippen MR) is 100 cm³/mol. The molecule has 0 atom stereocenters.